The van der Waals surface area contributed by atoms with E-state index < -0.39 is 4.92 Å². The van der Waals surface area contributed by atoms with Crippen LogP contribution in [0.2, 0.25) is 0 Å². The van der Waals surface area contributed by atoms with Crippen molar-refractivity contribution in [2.75, 3.05) is 6.54 Å². The molecule has 0 saturated carbocycles. The number of nitro groups is 1. The predicted molar refractivity (Wildman–Crippen MR) is 104 cm³/mol. The van der Waals surface area contributed by atoms with Gasteiger partial charge in [0, 0.05) is 29.6 Å². The zero-order valence-corrected chi connectivity index (χ0v) is 15.7. The van der Waals surface area contributed by atoms with Crippen LogP contribution >= 0.6 is 11.3 Å². The Morgan fingerprint density at radius 2 is 2.04 bits per heavy atom. The molecule has 2 heterocycles. The zero-order chi connectivity index (χ0) is 19.6. The van der Waals surface area contributed by atoms with E-state index in [0.717, 1.165) is 0 Å². The van der Waals surface area contributed by atoms with E-state index in [1.165, 1.54) is 34.4 Å². The van der Waals surface area contributed by atoms with Gasteiger partial charge >= 0.3 is 0 Å². The van der Waals surface area contributed by atoms with Crippen LogP contribution in [-0.4, -0.2) is 26.9 Å². The summed E-state index contributed by atoms with van der Waals surface area (Å²) in [7, 11) is 0. The minimum Gasteiger partial charge on any atom is -0.354 e. The highest BCUT2D eigenvalue weighted by Gasteiger charge is 2.15. The molecule has 27 heavy (non-hydrogen) atoms. The molecule has 0 bridgehead atoms. The fraction of sp³-hybridized carbons (Fsp3) is 0.278. The molecule has 0 aliphatic rings. The molecular formula is C18H18N4O4S. The molecule has 3 aromatic rings. The first-order valence-corrected chi connectivity index (χ1v) is 9.23. The lowest BCUT2D eigenvalue weighted by Gasteiger charge is -2.09. The van der Waals surface area contributed by atoms with Gasteiger partial charge in [0.15, 0.2) is 0 Å². The van der Waals surface area contributed by atoms with Crippen molar-refractivity contribution in [2.24, 2.45) is 5.92 Å². The van der Waals surface area contributed by atoms with Gasteiger partial charge in [-0.15, -0.1) is 11.3 Å². The number of hydrogen-bond acceptors (Lipinski definition) is 6. The molecule has 0 aliphatic heterocycles. The van der Waals surface area contributed by atoms with Gasteiger partial charge in [0.05, 0.1) is 16.6 Å². The summed E-state index contributed by atoms with van der Waals surface area (Å²) in [4.78, 5) is 40.1. The summed E-state index contributed by atoms with van der Waals surface area (Å²) in [6, 6.07) is 6.00. The van der Waals surface area contributed by atoms with Gasteiger partial charge in [-0.05, 0) is 23.6 Å². The highest BCUT2D eigenvalue weighted by atomic mass is 32.1. The number of hydrogen-bond donors (Lipinski definition) is 1. The summed E-state index contributed by atoms with van der Waals surface area (Å²) in [6.45, 7) is 4.41. The molecule has 1 N–H and O–H groups in total. The predicted octanol–water partition coefficient (Wildman–Crippen LogP) is 2.81. The molecule has 9 heteroatoms. The van der Waals surface area contributed by atoms with Gasteiger partial charge in [-0.25, -0.2) is 4.98 Å². The fourth-order valence-corrected chi connectivity index (χ4v) is 3.49. The van der Waals surface area contributed by atoms with Gasteiger partial charge in [-0.3, -0.25) is 24.3 Å². The molecule has 140 valence electrons. The van der Waals surface area contributed by atoms with Crippen LogP contribution in [0.25, 0.3) is 21.3 Å². The van der Waals surface area contributed by atoms with Crippen molar-refractivity contribution < 1.29 is 9.72 Å². The van der Waals surface area contributed by atoms with Crippen molar-refractivity contribution in [3.63, 3.8) is 0 Å². The summed E-state index contributed by atoms with van der Waals surface area (Å²) < 4.78 is 1.28. The molecule has 0 aliphatic carbocycles. The molecule has 0 unspecified atom stereocenters. The van der Waals surface area contributed by atoms with Crippen molar-refractivity contribution in [3.8, 4) is 11.1 Å². The van der Waals surface area contributed by atoms with Gasteiger partial charge in [-0.1, -0.05) is 13.8 Å². The Balaban J connectivity index is 1.95. The van der Waals surface area contributed by atoms with E-state index in [2.05, 4.69) is 10.3 Å². The molecule has 8 nitrogen and oxygen atoms in total. The first-order chi connectivity index (χ1) is 12.9. The Morgan fingerprint density at radius 3 is 2.67 bits per heavy atom. The Kier molecular flexibility index (Phi) is 5.31. The normalized spacial score (nSPS) is 11.1. The van der Waals surface area contributed by atoms with Crippen LogP contribution in [0.5, 0.6) is 0 Å². The SMILES string of the molecule is CC(C)CNC(=O)Cn1cnc2scc(-c3ccc([N+](=O)[O-])cc3)c2c1=O. The minimum atomic E-state index is -0.472. The third-order valence-corrected chi connectivity index (χ3v) is 4.86. The van der Waals surface area contributed by atoms with E-state index in [-0.39, 0.29) is 23.7 Å². The lowest BCUT2D eigenvalue weighted by atomic mass is 10.1. The number of amides is 1. The molecule has 1 amide bonds. The molecule has 0 atom stereocenters. The number of rotatable bonds is 6. The van der Waals surface area contributed by atoms with Gasteiger partial charge in [0.1, 0.15) is 11.4 Å². The van der Waals surface area contributed by atoms with Crippen LogP contribution in [0.4, 0.5) is 5.69 Å². The molecular weight excluding hydrogens is 368 g/mol. The van der Waals surface area contributed by atoms with E-state index in [1.54, 1.807) is 17.5 Å². The second-order valence-electron chi connectivity index (χ2n) is 6.51. The number of carbonyl (C=O) groups excluding carboxylic acids is 1. The number of nitrogens with zero attached hydrogens (tertiary/aromatic N) is 3. The fourth-order valence-electron chi connectivity index (χ4n) is 2.58. The minimum absolute atomic E-state index is 0.0179. The molecule has 3 rings (SSSR count). The van der Waals surface area contributed by atoms with E-state index in [1.807, 2.05) is 13.8 Å². The van der Waals surface area contributed by atoms with Crippen molar-refractivity contribution in [2.45, 2.75) is 20.4 Å². The van der Waals surface area contributed by atoms with Crippen LogP contribution in [0.15, 0.2) is 40.8 Å². The topological polar surface area (TPSA) is 107 Å². The molecule has 0 fully saturated rings. The van der Waals surface area contributed by atoms with Crippen molar-refractivity contribution in [1.29, 1.82) is 0 Å². The second-order valence-corrected chi connectivity index (χ2v) is 7.37. The van der Waals surface area contributed by atoms with Gasteiger partial charge in [-0.2, -0.15) is 0 Å². The Bertz CT molecular complexity index is 1050. The van der Waals surface area contributed by atoms with E-state index >= 15 is 0 Å². The van der Waals surface area contributed by atoms with Crippen LogP contribution < -0.4 is 10.9 Å². The van der Waals surface area contributed by atoms with Crippen molar-refractivity contribution in [1.82, 2.24) is 14.9 Å². The number of non-ortho nitro benzene ring substituents is 1. The number of nitrogens with one attached hydrogen (secondary N) is 1. The maximum absolute atomic E-state index is 12.9. The van der Waals surface area contributed by atoms with Crippen LogP contribution in [0, 0.1) is 16.0 Å². The van der Waals surface area contributed by atoms with Crippen LogP contribution in [-0.2, 0) is 11.3 Å². The number of thiophene rings is 1. The number of aromatic nitrogens is 2. The van der Waals surface area contributed by atoms with Crippen molar-refractivity contribution >= 4 is 33.1 Å². The Labute approximate surface area is 158 Å². The maximum Gasteiger partial charge on any atom is 0.269 e. The maximum atomic E-state index is 12.9. The average Bonchev–Trinajstić information content (AvgIpc) is 3.07. The molecule has 0 spiro atoms. The summed E-state index contributed by atoms with van der Waals surface area (Å²) in [5, 5.41) is 15.8. The highest BCUT2D eigenvalue weighted by Crippen LogP contribution is 2.31. The number of carbonyl (C=O) groups is 1. The molecule has 0 radical (unpaired) electrons. The Hall–Kier alpha value is -3.07. The summed E-state index contributed by atoms with van der Waals surface area (Å²) >= 11 is 1.32. The second kappa shape index (κ2) is 7.67. The zero-order valence-electron chi connectivity index (χ0n) is 14.8. The van der Waals surface area contributed by atoms with Gasteiger partial charge < -0.3 is 5.32 Å². The van der Waals surface area contributed by atoms with Crippen LogP contribution in [0.1, 0.15) is 13.8 Å². The third kappa shape index (κ3) is 4.03. The van der Waals surface area contributed by atoms with Crippen LogP contribution in [0.3, 0.4) is 0 Å². The highest BCUT2D eigenvalue weighted by molar-refractivity contribution is 7.17. The quantitative estimate of drug-likeness (QED) is 0.518. The largest absolute Gasteiger partial charge is 0.354 e. The smallest absolute Gasteiger partial charge is 0.269 e. The summed E-state index contributed by atoms with van der Waals surface area (Å²) in [5.74, 6) is 0.0657. The lowest BCUT2D eigenvalue weighted by Crippen LogP contribution is -2.34. The van der Waals surface area contributed by atoms with E-state index in [9.17, 15) is 19.7 Å². The molecule has 1 aromatic carbocycles. The van der Waals surface area contributed by atoms with E-state index in [0.29, 0.717) is 33.8 Å². The first kappa shape index (κ1) is 18.7. The standard InChI is InChI=1S/C18H18N4O4S/c1-11(2)7-19-15(23)8-21-10-20-17-16(18(21)24)14(9-27-17)12-3-5-13(6-4-12)22(25)26/h3-6,9-11H,7-8H2,1-2H3,(H,19,23). The van der Waals surface area contributed by atoms with Crippen molar-refractivity contribution in [3.05, 3.63) is 56.4 Å². The van der Waals surface area contributed by atoms with E-state index in [4.69, 9.17) is 0 Å². The number of fused-ring (bicyclic) bond motifs is 1. The summed E-state index contributed by atoms with van der Waals surface area (Å²) in [5.41, 5.74) is 1.01. The van der Waals surface area contributed by atoms with Gasteiger partial charge in [0.25, 0.3) is 11.2 Å². The average molecular weight is 386 g/mol. The lowest BCUT2D eigenvalue weighted by molar-refractivity contribution is -0.384. The molecule has 2 aromatic heterocycles. The number of nitro benzene ring substituents is 1. The van der Waals surface area contributed by atoms with Gasteiger partial charge in [0.2, 0.25) is 5.91 Å². The monoisotopic (exact) mass is 386 g/mol. The Morgan fingerprint density at radius 1 is 1.33 bits per heavy atom. The summed E-state index contributed by atoms with van der Waals surface area (Å²) in [6.07, 6.45) is 1.37. The third-order valence-electron chi connectivity index (χ3n) is 3.97. The first-order valence-electron chi connectivity index (χ1n) is 8.35. The number of benzene rings is 1. The molecule has 0 saturated heterocycles.